The molecule has 80 valence electrons. The smallest absolute Gasteiger partial charge is 0.0975 e. The van der Waals surface area contributed by atoms with Gasteiger partial charge in [0.05, 0.1) is 11.4 Å². The van der Waals surface area contributed by atoms with Gasteiger partial charge in [-0.15, -0.1) is 0 Å². The Bertz CT molecular complexity index is 621. The number of hydrogen-bond donors (Lipinski definition) is 0. The van der Waals surface area contributed by atoms with Gasteiger partial charge in [0.2, 0.25) is 0 Å². The van der Waals surface area contributed by atoms with Crippen LogP contribution in [0.2, 0.25) is 0 Å². The average Bonchev–Trinajstić information content (AvgIpc) is 2.54. The Balaban J connectivity index is 2.89. The van der Waals surface area contributed by atoms with Gasteiger partial charge in [0.25, 0.3) is 0 Å². The van der Waals surface area contributed by atoms with Gasteiger partial charge < -0.3 is 0 Å². The lowest BCUT2D eigenvalue weighted by Crippen LogP contribution is -2.27. The van der Waals surface area contributed by atoms with E-state index in [0.717, 1.165) is 33.0 Å². The Morgan fingerprint density at radius 1 is 1.44 bits per heavy atom. The van der Waals surface area contributed by atoms with Crippen molar-refractivity contribution in [1.82, 2.24) is 4.98 Å². The molecular formula is C13H13N3. The number of allylic oxidation sites excluding steroid dienone is 1. The van der Waals surface area contributed by atoms with Gasteiger partial charge in [-0.1, -0.05) is 6.58 Å². The maximum atomic E-state index is 4.34. The molecule has 1 heterocycles. The lowest BCUT2D eigenvalue weighted by molar-refractivity contribution is 1.22. The molecule has 0 atom stereocenters. The van der Waals surface area contributed by atoms with E-state index in [1.165, 1.54) is 0 Å². The SMILES string of the molecule is C=NC1=C(/C=N\C)C(C)=c2c1nccc2=C. The van der Waals surface area contributed by atoms with Gasteiger partial charge in [-0.05, 0) is 30.5 Å². The summed E-state index contributed by atoms with van der Waals surface area (Å²) in [6, 6.07) is 1.90. The van der Waals surface area contributed by atoms with Crippen LogP contribution < -0.4 is 10.4 Å². The highest BCUT2D eigenvalue weighted by molar-refractivity contribution is 6.07. The van der Waals surface area contributed by atoms with E-state index in [-0.39, 0.29) is 0 Å². The highest BCUT2D eigenvalue weighted by Crippen LogP contribution is 2.25. The topological polar surface area (TPSA) is 37.6 Å². The highest BCUT2D eigenvalue weighted by Gasteiger charge is 2.19. The minimum atomic E-state index is 0.795. The van der Waals surface area contributed by atoms with Gasteiger partial charge in [-0.25, -0.2) is 0 Å². The quantitative estimate of drug-likeness (QED) is 0.666. The van der Waals surface area contributed by atoms with E-state index in [4.69, 9.17) is 0 Å². The fraction of sp³-hybridized carbons (Fsp3) is 0.154. The van der Waals surface area contributed by atoms with Crippen molar-refractivity contribution in [2.24, 2.45) is 9.98 Å². The number of aromatic nitrogens is 1. The first kappa shape index (κ1) is 10.5. The van der Waals surface area contributed by atoms with E-state index in [1.807, 2.05) is 13.0 Å². The number of aliphatic imine (C=N–C) groups is 2. The van der Waals surface area contributed by atoms with Crippen LogP contribution in [0.15, 0.2) is 27.8 Å². The molecule has 1 aromatic heterocycles. The molecule has 0 aromatic carbocycles. The van der Waals surface area contributed by atoms with Gasteiger partial charge in [-0.3, -0.25) is 15.0 Å². The zero-order chi connectivity index (χ0) is 11.7. The Morgan fingerprint density at radius 3 is 2.81 bits per heavy atom. The van der Waals surface area contributed by atoms with E-state index < -0.39 is 0 Å². The summed E-state index contributed by atoms with van der Waals surface area (Å²) in [4.78, 5) is 12.4. The third-order valence-electron chi connectivity index (χ3n) is 2.71. The standard InChI is InChI=1S/C13H13N3/c1-8-5-6-16-13-11(8)9(2)10(7-14-3)12(13)15-4/h5-7H,1,4H2,2-3H3/b14-7-. The summed E-state index contributed by atoms with van der Waals surface area (Å²) in [5.41, 5.74) is 3.75. The first-order valence-electron chi connectivity index (χ1n) is 4.99. The molecule has 0 radical (unpaired) electrons. The first-order chi connectivity index (χ1) is 7.70. The summed E-state index contributed by atoms with van der Waals surface area (Å²) in [5, 5.41) is 2.02. The summed E-state index contributed by atoms with van der Waals surface area (Å²) < 4.78 is 0. The third kappa shape index (κ3) is 1.33. The van der Waals surface area contributed by atoms with Crippen LogP contribution in [0.25, 0.3) is 17.8 Å². The molecule has 0 fully saturated rings. The first-order valence-corrected chi connectivity index (χ1v) is 4.99. The van der Waals surface area contributed by atoms with Crippen LogP contribution in [0.5, 0.6) is 0 Å². The predicted molar refractivity (Wildman–Crippen MR) is 69.0 cm³/mol. The van der Waals surface area contributed by atoms with E-state index in [0.29, 0.717) is 0 Å². The van der Waals surface area contributed by atoms with Gasteiger partial charge in [0.15, 0.2) is 0 Å². The molecule has 1 aliphatic carbocycles. The lowest BCUT2D eigenvalue weighted by Gasteiger charge is -1.98. The summed E-state index contributed by atoms with van der Waals surface area (Å²) >= 11 is 0. The molecule has 0 amide bonds. The minimum Gasteiger partial charge on any atom is -0.296 e. The van der Waals surface area contributed by atoms with E-state index >= 15 is 0 Å². The second-order valence-electron chi connectivity index (χ2n) is 3.63. The molecule has 1 aromatic rings. The second-order valence-corrected chi connectivity index (χ2v) is 3.63. The van der Waals surface area contributed by atoms with Crippen molar-refractivity contribution in [1.29, 1.82) is 0 Å². The maximum Gasteiger partial charge on any atom is 0.0975 e. The Kier molecular flexibility index (Phi) is 2.52. The minimum absolute atomic E-state index is 0.795. The van der Waals surface area contributed by atoms with Crippen LogP contribution >= 0.6 is 0 Å². The van der Waals surface area contributed by atoms with Crippen LogP contribution in [-0.2, 0) is 0 Å². The van der Waals surface area contributed by atoms with Gasteiger partial charge in [-0.2, -0.15) is 0 Å². The van der Waals surface area contributed by atoms with Crippen LogP contribution in [0.4, 0.5) is 0 Å². The molecule has 1 aliphatic rings. The molecule has 3 nitrogen and oxygen atoms in total. The number of nitrogens with zero attached hydrogens (tertiary/aromatic N) is 3. The zero-order valence-electron chi connectivity index (χ0n) is 9.49. The van der Waals surface area contributed by atoms with Crippen molar-refractivity contribution in [2.75, 3.05) is 7.05 Å². The molecule has 3 heteroatoms. The summed E-state index contributed by atoms with van der Waals surface area (Å²) in [6.07, 6.45) is 3.53. The van der Waals surface area contributed by atoms with Crippen molar-refractivity contribution in [2.45, 2.75) is 6.92 Å². The fourth-order valence-corrected chi connectivity index (χ4v) is 1.99. The Labute approximate surface area is 94.3 Å². The molecule has 0 saturated carbocycles. The number of hydrogen-bond acceptors (Lipinski definition) is 3. The highest BCUT2D eigenvalue weighted by atomic mass is 14.8. The molecule has 0 aliphatic heterocycles. The zero-order valence-corrected chi connectivity index (χ0v) is 9.49. The number of fused-ring (bicyclic) bond motifs is 1. The summed E-state index contributed by atoms with van der Waals surface area (Å²) in [6.45, 7) is 9.64. The van der Waals surface area contributed by atoms with E-state index in [2.05, 4.69) is 28.3 Å². The third-order valence-corrected chi connectivity index (χ3v) is 2.71. The normalized spacial score (nSPS) is 14.8. The van der Waals surface area contributed by atoms with Crippen molar-refractivity contribution in [3.8, 4) is 0 Å². The van der Waals surface area contributed by atoms with Crippen LogP contribution in [0.3, 0.4) is 0 Å². The fourth-order valence-electron chi connectivity index (χ4n) is 1.99. The Morgan fingerprint density at radius 2 is 2.19 bits per heavy atom. The van der Waals surface area contributed by atoms with Gasteiger partial charge in [0, 0.05) is 30.3 Å². The molecule has 0 unspecified atom stereocenters. The molecule has 0 saturated heterocycles. The molecule has 0 N–H and O–H groups in total. The molecular weight excluding hydrogens is 198 g/mol. The Hall–Kier alpha value is -2.03. The van der Waals surface area contributed by atoms with Gasteiger partial charge >= 0.3 is 0 Å². The lowest BCUT2D eigenvalue weighted by atomic mass is 10.1. The second kappa shape index (κ2) is 3.85. The average molecular weight is 211 g/mol. The molecule has 2 rings (SSSR count). The number of pyridine rings is 1. The van der Waals surface area contributed by atoms with Crippen LogP contribution in [-0.4, -0.2) is 25.0 Å². The van der Waals surface area contributed by atoms with E-state index in [9.17, 15) is 0 Å². The molecule has 16 heavy (non-hydrogen) atoms. The van der Waals surface area contributed by atoms with Crippen LogP contribution in [0, 0.1) is 0 Å². The van der Waals surface area contributed by atoms with E-state index in [1.54, 1.807) is 19.5 Å². The summed E-state index contributed by atoms with van der Waals surface area (Å²) in [7, 11) is 1.74. The van der Waals surface area contributed by atoms with Gasteiger partial charge in [0.1, 0.15) is 0 Å². The van der Waals surface area contributed by atoms with Crippen molar-refractivity contribution >= 4 is 30.8 Å². The molecule has 0 spiro atoms. The van der Waals surface area contributed by atoms with Crippen molar-refractivity contribution in [3.63, 3.8) is 0 Å². The van der Waals surface area contributed by atoms with Crippen molar-refractivity contribution in [3.05, 3.63) is 34.0 Å². The molecule has 0 bridgehead atoms. The number of rotatable bonds is 2. The van der Waals surface area contributed by atoms with Crippen LogP contribution in [0.1, 0.15) is 12.6 Å². The summed E-state index contributed by atoms with van der Waals surface area (Å²) in [5.74, 6) is 0. The van der Waals surface area contributed by atoms with Crippen molar-refractivity contribution < 1.29 is 0 Å². The predicted octanol–water partition coefficient (Wildman–Crippen LogP) is 0.788. The largest absolute Gasteiger partial charge is 0.296 e. The maximum absolute atomic E-state index is 4.34. The monoisotopic (exact) mass is 211 g/mol.